The molecule has 0 saturated heterocycles. The Balaban J connectivity index is 0.000000339. The van der Waals surface area contributed by atoms with E-state index in [4.69, 9.17) is 88.8 Å². The molecule has 0 aliphatic heterocycles. The second-order valence-corrected chi connectivity index (χ2v) is 26.4. The van der Waals surface area contributed by atoms with Gasteiger partial charge in [-0.05, 0) is 128 Å². The monoisotopic (exact) mass is 1840 g/mol. The Kier molecular flexibility index (Phi) is 43.0. The van der Waals surface area contributed by atoms with Crippen LogP contribution in [0.2, 0.25) is 0 Å². The SMILES string of the molecule is C[C@@H](N=Cc1ccc(OCc2ccc(-c3ccccn3)nc2)cn1)c1ccc([N+](=O)[O-])cc1.C[C@@H](N=Cc1ccc(OCc2ccc(-c3ccccn3)nc2)cn1)c1ccc([N+](=O)[O-])cc1.C[C@@H](N=Cc1ccc(OCc2ccc(-c3ccccn3)nc2)cn1)c1ccc([N+](=O)[O-])cc1.[O-][Cl+3]([O-])([O-])[O-].[O-][Cl+3]([O-])([O-])[O-].[O-][Cl+3]([O-])([O-])[O-].[O-][Cl+3]([O-])([O-])[O-].[Zn+2].[Zn+2]. The number of aliphatic imine (C=N–C) groups is 3. The van der Waals surface area contributed by atoms with Crippen molar-refractivity contribution < 1.29 is 183 Å². The van der Waals surface area contributed by atoms with Crippen molar-refractivity contribution >= 4 is 35.7 Å². The molecule has 46 heteroatoms. The van der Waals surface area contributed by atoms with Crippen LogP contribution >= 0.6 is 0 Å². The van der Waals surface area contributed by atoms with Gasteiger partial charge in [-0.2, -0.15) is 0 Å². The zero-order valence-electron chi connectivity index (χ0n) is 63.2. The van der Waals surface area contributed by atoms with E-state index in [1.807, 2.05) is 148 Å². The maximum atomic E-state index is 10.8. The quantitative estimate of drug-likeness (QED) is 0.0246. The number of nitrogens with zero attached hydrogens (tertiary/aromatic N) is 15. The molecular weight excluding hydrogens is 1780 g/mol. The van der Waals surface area contributed by atoms with Gasteiger partial charge in [0.25, 0.3) is 17.1 Å². The molecule has 0 aliphatic rings. The maximum absolute atomic E-state index is 10.8. The van der Waals surface area contributed by atoms with Crippen molar-refractivity contribution in [1.82, 2.24) is 44.9 Å². The van der Waals surface area contributed by atoms with E-state index in [0.29, 0.717) is 54.2 Å². The van der Waals surface area contributed by atoms with Crippen LogP contribution in [0.5, 0.6) is 17.2 Å². The fourth-order valence-electron chi connectivity index (χ4n) is 9.13. The standard InChI is InChI=1S/3C25H21N5O3.4ClHO4.2Zn/c3*1-18(20-6-9-22(10-7-20)30(31)32)27-15-21-8-11-23(16-28-21)33-17-19-5-12-25(29-14-19)24-4-2-3-13-26-24;4*2-1(3,4)5;;/h3*2-16,18H,17H2,1H3;4*(H,2,3,4,5);;/q;;;;;;;2*+2/p-4/t3*18-;;;;;;/m111....../s1. The van der Waals surface area contributed by atoms with Crippen LogP contribution in [0.4, 0.5) is 17.1 Å². The molecular formula is C75H63Cl4N15O25Zn2. The number of benzene rings is 3. The average Bonchev–Trinajstić information content (AvgIpc) is 0.841. The van der Waals surface area contributed by atoms with Gasteiger partial charge in [0.2, 0.25) is 0 Å². The van der Waals surface area contributed by atoms with Gasteiger partial charge in [0.15, 0.2) is 0 Å². The van der Waals surface area contributed by atoms with E-state index in [9.17, 15) is 30.3 Å². The third kappa shape index (κ3) is 43.3. The number of non-ortho nitro benzene ring substituents is 3. The predicted molar refractivity (Wildman–Crippen MR) is 375 cm³/mol. The van der Waals surface area contributed by atoms with E-state index in [2.05, 4.69) is 59.8 Å². The molecule has 3 atom stereocenters. The zero-order chi connectivity index (χ0) is 87.1. The third-order valence-electron chi connectivity index (χ3n) is 14.8. The van der Waals surface area contributed by atoms with Crippen LogP contribution in [0.15, 0.2) is 271 Å². The Hall–Kier alpha value is -11.6. The van der Waals surface area contributed by atoms with Gasteiger partial charge < -0.3 is 14.2 Å². The molecule has 121 heavy (non-hydrogen) atoms. The summed E-state index contributed by atoms with van der Waals surface area (Å²) in [6.45, 7) is 6.89. The molecule has 0 N–H and O–H groups in total. The first-order valence-corrected chi connectivity index (χ1v) is 38.3. The van der Waals surface area contributed by atoms with Crippen LogP contribution < -0.4 is 88.8 Å². The van der Waals surface area contributed by atoms with E-state index in [1.165, 1.54) is 36.4 Å². The number of pyridine rings is 9. The Bertz CT molecular complexity index is 4590. The zero-order valence-corrected chi connectivity index (χ0v) is 72.1. The summed E-state index contributed by atoms with van der Waals surface area (Å²) in [6.07, 6.45) is 20.5. The Labute approximate surface area is 721 Å². The molecule has 620 valence electrons. The summed E-state index contributed by atoms with van der Waals surface area (Å²) in [4.78, 5) is 83.8. The van der Waals surface area contributed by atoms with Crippen LogP contribution in [0, 0.1) is 71.3 Å². The number of halogens is 4. The number of ether oxygens (including phenoxy) is 3. The first-order valence-electron chi connectivity index (χ1n) is 33.4. The summed E-state index contributed by atoms with van der Waals surface area (Å²) in [6, 6.07) is 58.5. The normalized spacial score (nSPS) is 11.7. The fraction of sp³-hybridized carbons (Fsp3) is 0.120. The van der Waals surface area contributed by atoms with Gasteiger partial charge in [0.1, 0.15) is 37.1 Å². The van der Waals surface area contributed by atoms with E-state index in [1.54, 1.807) is 111 Å². The minimum Gasteiger partial charge on any atom is -0.487 e. The van der Waals surface area contributed by atoms with Crippen molar-refractivity contribution in [3.8, 4) is 51.4 Å². The van der Waals surface area contributed by atoms with Crippen molar-refractivity contribution in [1.29, 1.82) is 0 Å². The van der Waals surface area contributed by atoms with Crippen LogP contribution in [-0.2, 0) is 58.8 Å². The number of nitro groups is 3. The van der Waals surface area contributed by atoms with E-state index < -0.39 is 55.7 Å². The predicted octanol–water partition coefficient (Wildman–Crippen LogP) is -3.41. The van der Waals surface area contributed by atoms with Crippen LogP contribution in [0.1, 0.15) is 89.4 Å². The van der Waals surface area contributed by atoms with Crippen LogP contribution in [0.3, 0.4) is 0 Å². The summed E-state index contributed by atoms with van der Waals surface area (Å²) in [5.41, 5.74) is 12.7. The molecule has 9 aromatic heterocycles. The molecule has 0 aliphatic carbocycles. The molecule has 0 saturated carbocycles. The third-order valence-corrected chi connectivity index (χ3v) is 14.8. The largest absolute Gasteiger partial charge is 2.00 e. The molecule has 12 aromatic rings. The van der Waals surface area contributed by atoms with Crippen LogP contribution in [0.25, 0.3) is 34.2 Å². The van der Waals surface area contributed by atoms with Crippen molar-refractivity contribution in [3.63, 3.8) is 0 Å². The van der Waals surface area contributed by atoms with Gasteiger partial charge in [-0.1, -0.05) is 72.8 Å². The summed E-state index contributed by atoms with van der Waals surface area (Å²) in [7, 11) is -19.8. The molecule has 0 unspecified atom stereocenters. The van der Waals surface area contributed by atoms with Gasteiger partial charge in [-0.25, -0.2) is 74.5 Å². The summed E-state index contributed by atoms with van der Waals surface area (Å²) >= 11 is 0. The van der Waals surface area contributed by atoms with Crippen molar-refractivity contribution in [2.24, 2.45) is 15.0 Å². The molecule has 40 nitrogen and oxygen atoms in total. The number of hydrogen-bond acceptors (Lipinski definition) is 37. The molecule has 0 amide bonds. The topological polar surface area (TPSA) is 679 Å². The molecule has 12 rings (SSSR count). The first kappa shape index (κ1) is 102. The summed E-state index contributed by atoms with van der Waals surface area (Å²) < 4.78 is 153. The fourth-order valence-corrected chi connectivity index (χ4v) is 9.13. The van der Waals surface area contributed by atoms with Crippen molar-refractivity contribution in [2.75, 3.05) is 0 Å². The Morgan fingerprint density at radius 3 is 0.694 bits per heavy atom. The average molecular weight is 1850 g/mol. The summed E-state index contributed by atoms with van der Waals surface area (Å²) in [5.74, 6) is 1.93. The number of rotatable bonds is 24. The van der Waals surface area contributed by atoms with E-state index in [-0.39, 0.29) is 74.1 Å². The Morgan fingerprint density at radius 2 is 0.521 bits per heavy atom. The number of nitro benzene ring substituents is 3. The van der Waals surface area contributed by atoms with Gasteiger partial charge in [0, 0.05) is 109 Å². The molecule has 0 radical (unpaired) electrons. The van der Waals surface area contributed by atoms with E-state index >= 15 is 0 Å². The van der Waals surface area contributed by atoms with Crippen LogP contribution in [-0.4, -0.2) is 78.3 Å². The number of hydrogen-bond donors (Lipinski definition) is 0. The van der Waals surface area contributed by atoms with Crippen molar-refractivity contribution in [2.45, 2.75) is 58.7 Å². The molecule has 3 aromatic carbocycles. The minimum atomic E-state index is -4.94. The second kappa shape index (κ2) is 51.1. The Morgan fingerprint density at radius 1 is 0.298 bits per heavy atom. The van der Waals surface area contributed by atoms with Gasteiger partial charge >= 0.3 is 39.0 Å². The summed E-state index contributed by atoms with van der Waals surface area (Å²) in [5, 5.41) is 32.3. The number of aromatic nitrogens is 9. The maximum Gasteiger partial charge on any atom is 2.00 e. The molecule has 9 heterocycles. The second-order valence-electron chi connectivity index (χ2n) is 23.3. The smallest absolute Gasteiger partial charge is 0.487 e. The van der Waals surface area contributed by atoms with Gasteiger partial charge in [0.05, 0.1) is 103 Å². The molecule has 0 bridgehead atoms. The molecule has 0 spiro atoms. The first-order chi connectivity index (χ1) is 56.2. The van der Waals surface area contributed by atoms with E-state index in [0.717, 1.165) is 67.5 Å². The van der Waals surface area contributed by atoms with Gasteiger partial charge in [-0.3, -0.25) is 90.2 Å². The van der Waals surface area contributed by atoms with Crippen molar-refractivity contribution in [3.05, 3.63) is 337 Å². The minimum absolute atomic E-state index is 0. The molecule has 0 fully saturated rings. The van der Waals surface area contributed by atoms with Gasteiger partial charge in [-0.15, -0.1) is 41.0 Å².